The molecule has 2 aromatic rings. The Labute approximate surface area is 149 Å². The second-order valence-electron chi connectivity index (χ2n) is 6.48. The molecule has 4 nitrogen and oxygen atoms in total. The number of carbonyl (C=O) groups excluding carboxylic acids is 1. The van der Waals surface area contributed by atoms with Crippen LogP contribution < -0.4 is 10.1 Å². The molecule has 1 aliphatic rings. The maximum Gasteiger partial charge on any atom is 0.253 e. The fraction of sp³-hybridized carbons (Fsp3) is 0.381. The number of amides is 1. The minimum absolute atomic E-state index is 0.119. The molecule has 4 heteroatoms. The average Bonchev–Trinajstić information content (AvgIpc) is 2.68. The molecule has 0 aromatic heterocycles. The summed E-state index contributed by atoms with van der Waals surface area (Å²) in [6.07, 6.45) is 2.15. The zero-order valence-electron chi connectivity index (χ0n) is 14.8. The Bertz CT molecular complexity index is 662. The summed E-state index contributed by atoms with van der Waals surface area (Å²) in [6, 6.07) is 17.1. The molecule has 1 fully saturated rings. The third kappa shape index (κ3) is 4.83. The van der Waals surface area contributed by atoms with Crippen LogP contribution in [0, 0.1) is 5.92 Å². The quantitative estimate of drug-likeness (QED) is 0.867. The van der Waals surface area contributed by atoms with Gasteiger partial charge in [-0.25, -0.2) is 0 Å². The Balaban J connectivity index is 1.54. The van der Waals surface area contributed by atoms with E-state index in [1.807, 2.05) is 59.5 Å². The van der Waals surface area contributed by atoms with Crippen LogP contribution in [0.4, 0.5) is 0 Å². The predicted octanol–water partition coefficient (Wildman–Crippen LogP) is 3.94. The molecule has 0 spiro atoms. The number of para-hydroxylation sites is 1. The maximum absolute atomic E-state index is 12.7. The van der Waals surface area contributed by atoms with Crippen molar-refractivity contribution >= 4 is 5.91 Å². The van der Waals surface area contributed by atoms with Crippen molar-refractivity contribution in [3.8, 4) is 11.5 Å². The highest BCUT2D eigenvalue weighted by molar-refractivity contribution is 5.94. The Hall–Kier alpha value is -2.33. The highest BCUT2D eigenvalue weighted by Gasteiger charge is 2.23. The summed E-state index contributed by atoms with van der Waals surface area (Å²) >= 11 is 0. The molecule has 1 saturated heterocycles. The average molecular weight is 338 g/mol. The molecule has 0 saturated carbocycles. The lowest BCUT2D eigenvalue weighted by molar-refractivity contribution is 0.0690. The molecule has 1 aliphatic heterocycles. The molecule has 0 radical (unpaired) electrons. The third-order valence-electron chi connectivity index (χ3n) is 4.66. The number of benzene rings is 2. The van der Waals surface area contributed by atoms with E-state index < -0.39 is 0 Å². The Morgan fingerprint density at radius 3 is 2.32 bits per heavy atom. The van der Waals surface area contributed by atoms with Crippen LogP contribution in [0.25, 0.3) is 0 Å². The first-order chi connectivity index (χ1) is 12.3. The zero-order chi connectivity index (χ0) is 17.5. The Morgan fingerprint density at radius 2 is 1.68 bits per heavy atom. The van der Waals surface area contributed by atoms with Crippen LogP contribution in [0.2, 0.25) is 0 Å². The summed E-state index contributed by atoms with van der Waals surface area (Å²) in [5, 5.41) is 3.40. The smallest absolute Gasteiger partial charge is 0.253 e. The van der Waals surface area contributed by atoms with Crippen molar-refractivity contribution in [3.05, 3.63) is 60.2 Å². The van der Waals surface area contributed by atoms with Gasteiger partial charge in [0.25, 0.3) is 5.91 Å². The fourth-order valence-corrected chi connectivity index (χ4v) is 3.16. The van der Waals surface area contributed by atoms with Gasteiger partial charge in [-0.3, -0.25) is 4.79 Å². The molecule has 0 aliphatic carbocycles. The summed E-state index contributed by atoms with van der Waals surface area (Å²) in [5.41, 5.74) is 0.727. The van der Waals surface area contributed by atoms with E-state index in [9.17, 15) is 4.79 Å². The first-order valence-electron chi connectivity index (χ1n) is 9.09. The third-order valence-corrected chi connectivity index (χ3v) is 4.66. The number of carbonyl (C=O) groups is 1. The van der Waals surface area contributed by atoms with Gasteiger partial charge in [0, 0.05) is 18.7 Å². The van der Waals surface area contributed by atoms with Gasteiger partial charge in [-0.05, 0) is 68.2 Å². The lowest BCUT2D eigenvalue weighted by Gasteiger charge is -2.32. The summed E-state index contributed by atoms with van der Waals surface area (Å²) in [5.74, 6) is 2.34. The summed E-state index contributed by atoms with van der Waals surface area (Å²) < 4.78 is 5.78. The Kier molecular flexibility index (Phi) is 6.07. The summed E-state index contributed by atoms with van der Waals surface area (Å²) in [6.45, 7) is 5.89. The van der Waals surface area contributed by atoms with E-state index in [-0.39, 0.29) is 5.91 Å². The van der Waals surface area contributed by atoms with Gasteiger partial charge in [-0.2, -0.15) is 0 Å². The van der Waals surface area contributed by atoms with E-state index in [2.05, 4.69) is 12.2 Å². The topological polar surface area (TPSA) is 41.6 Å². The van der Waals surface area contributed by atoms with Gasteiger partial charge < -0.3 is 15.0 Å². The molecule has 1 heterocycles. The molecule has 3 rings (SSSR count). The van der Waals surface area contributed by atoms with Crippen molar-refractivity contribution in [2.24, 2.45) is 5.92 Å². The van der Waals surface area contributed by atoms with E-state index in [0.717, 1.165) is 56.1 Å². The normalized spacial score (nSPS) is 15.2. The van der Waals surface area contributed by atoms with Crippen LogP contribution in [0.3, 0.4) is 0 Å². The number of hydrogen-bond acceptors (Lipinski definition) is 3. The van der Waals surface area contributed by atoms with Gasteiger partial charge in [-0.1, -0.05) is 25.1 Å². The van der Waals surface area contributed by atoms with Gasteiger partial charge in [0.05, 0.1) is 0 Å². The van der Waals surface area contributed by atoms with Crippen molar-refractivity contribution in [1.29, 1.82) is 0 Å². The molecule has 132 valence electrons. The number of rotatable bonds is 6. The van der Waals surface area contributed by atoms with Crippen molar-refractivity contribution in [2.75, 3.05) is 26.2 Å². The van der Waals surface area contributed by atoms with Gasteiger partial charge in [0.1, 0.15) is 11.5 Å². The molecule has 0 unspecified atom stereocenters. The predicted molar refractivity (Wildman–Crippen MR) is 100 cm³/mol. The molecule has 1 N–H and O–H groups in total. The number of nitrogens with one attached hydrogen (secondary N) is 1. The number of piperidine rings is 1. The van der Waals surface area contributed by atoms with Crippen molar-refractivity contribution in [3.63, 3.8) is 0 Å². The van der Waals surface area contributed by atoms with Crippen LogP contribution >= 0.6 is 0 Å². The second kappa shape index (κ2) is 8.67. The molecule has 0 atom stereocenters. The van der Waals surface area contributed by atoms with Crippen molar-refractivity contribution in [1.82, 2.24) is 10.2 Å². The first-order valence-corrected chi connectivity index (χ1v) is 9.09. The monoisotopic (exact) mass is 338 g/mol. The SMILES string of the molecule is CCNCC1CCN(C(=O)c2ccc(Oc3ccccc3)cc2)CC1. The number of likely N-dealkylation sites (tertiary alicyclic amines) is 1. The number of hydrogen-bond donors (Lipinski definition) is 1. The summed E-state index contributed by atoms with van der Waals surface area (Å²) in [7, 11) is 0. The minimum atomic E-state index is 0.119. The number of ether oxygens (including phenoxy) is 1. The minimum Gasteiger partial charge on any atom is -0.457 e. The van der Waals surface area contributed by atoms with E-state index >= 15 is 0 Å². The van der Waals surface area contributed by atoms with Crippen LogP contribution in [-0.4, -0.2) is 37.0 Å². The van der Waals surface area contributed by atoms with E-state index in [4.69, 9.17) is 4.74 Å². The largest absolute Gasteiger partial charge is 0.457 e. The Morgan fingerprint density at radius 1 is 1.04 bits per heavy atom. The molecular weight excluding hydrogens is 312 g/mol. The highest BCUT2D eigenvalue weighted by Crippen LogP contribution is 2.23. The zero-order valence-corrected chi connectivity index (χ0v) is 14.8. The van der Waals surface area contributed by atoms with E-state index in [1.165, 1.54) is 0 Å². The second-order valence-corrected chi connectivity index (χ2v) is 6.48. The van der Waals surface area contributed by atoms with Crippen LogP contribution in [0.15, 0.2) is 54.6 Å². The van der Waals surface area contributed by atoms with Gasteiger partial charge in [0.2, 0.25) is 0 Å². The van der Waals surface area contributed by atoms with Crippen molar-refractivity contribution < 1.29 is 9.53 Å². The molecule has 25 heavy (non-hydrogen) atoms. The molecule has 0 bridgehead atoms. The van der Waals surface area contributed by atoms with Crippen LogP contribution in [0.1, 0.15) is 30.1 Å². The van der Waals surface area contributed by atoms with E-state index in [1.54, 1.807) is 0 Å². The maximum atomic E-state index is 12.7. The van der Waals surface area contributed by atoms with Gasteiger partial charge >= 0.3 is 0 Å². The lowest BCUT2D eigenvalue weighted by atomic mass is 9.96. The van der Waals surface area contributed by atoms with Crippen LogP contribution in [0.5, 0.6) is 11.5 Å². The highest BCUT2D eigenvalue weighted by atomic mass is 16.5. The van der Waals surface area contributed by atoms with E-state index in [0.29, 0.717) is 5.92 Å². The molecule has 2 aromatic carbocycles. The van der Waals surface area contributed by atoms with Crippen molar-refractivity contribution in [2.45, 2.75) is 19.8 Å². The number of nitrogens with zero attached hydrogens (tertiary/aromatic N) is 1. The van der Waals surface area contributed by atoms with Gasteiger partial charge in [-0.15, -0.1) is 0 Å². The molecular formula is C21H26N2O2. The lowest BCUT2D eigenvalue weighted by Crippen LogP contribution is -2.40. The van der Waals surface area contributed by atoms with Gasteiger partial charge in [0.15, 0.2) is 0 Å². The first kappa shape index (κ1) is 17.5. The van der Waals surface area contributed by atoms with Crippen LogP contribution in [-0.2, 0) is 0 Å². The molecule has 1 amide bonds. The fourth-order valence-electron chi connectivity index (χ4n) is 3.16. The summed E-state index contributed by atoms with van der Waals surface area (Å²) in [4.78, 5) is 14.6. The standard InChI is InChI=1S/C21H26N2O2/c1-2-22-16-17-12-14-23(15-13-17)21(24)18-8-10-20(11-9-18)25-19-6-4-3-5-7-19/h3-11,17,22H,2,12-16H2,1H3.